The number of benzene rings is 1. The Balaban J connectivity index is 2.14. The molecule has 1 aromatic carbocycles. The summed E-state index contributed by atoms with van der Waals surface area (Å²) in [7, 11) is 0. The molecule has 1 amide bonds. The zero-order valence-electron chi connectivity index (χ0n) is 10.7. The topological polar surface area (TPSA) is 40.5 Å². The van der Waals surface area contributed by atoms with E-state index in [1.54, 1.807) is 17.0 Å². The molecule has 1 saturated heterocycles. The van der Waals surface area contributed by atoms with Gasteiger partial charge in [0.1, 0.15) is 12.4 Å². The fraction of sp³-hybridized carbons (Fsp3) is 0.400. The van der Waals surface area contributed by atoms with Crippen LogP contribution in [0.2, 0.25) is 0 Å². The number of nitrogens with zero attached hydrogens (tertiary/aromatic N) is 1. The molecule has 0 aliphatic carbocycles. The Kier molecular flexibility index (Phi) is 4.53. The summed E-state index contributed by atoms with van der Waals surface area (Å²) in [5, 5.41) is 8.63. The summed E-state index contributed by atoms with van der Waals surface area (Å²) in [5.41, 5.74) is 1.12. The van der Waals surface area contributed by atoms with Gasteiger partial charge >= 0.3 is 0 Å². The predicted molar refractivity (Wildman–Crippen MR) is 69.6 cm³/mol. The Morgan fingerprint density at radius 2 is 2.21 bits per heavy atom. The largest absolute Gasteiger partial charge is 0.384 e. The number of piperidine rings is 1. The van der Waals surface area contributed by atoms with Crippen LogP contribution in [0.1, 0.15) is 30.4 Å². The first-order valence-electron chi connectivity index (χ1n) is 6.36. The molecule has 0 unspecified atom stereocenters. The van der Waals surface area contributed by atoms with E-state index in [0.717, 1.165) is 24.9 Å². The van der Waals surface area contributed by atoms with E-state index in [2.05, 4.69) is 11.8 Å². The summed E-state index contributed by atoms with van der Waals surface area (Å²) < 4.78 is 13.5. The Labute approximate surface area is 112 Å². The minimum Gasteiger partial charge on any atom is -0.384 e. The highest BCUT2D eigenvalue weighted by atomic mass is 19.1. The van der Waals surface area contributed by atoms with Crippen LogP contribution in [-0.2, 0) is 11.3 Å². The molecule has 0 bridgehead atoms. The van der Waals surface area contributed by atoms with Gasteiger partial charge in [0.2, 0.25) is 5.91 Å². The Morgan fingerprint density at radius 3 is 2.95 bits per heavy atom. The van der Waals surface area contributed by atoms with Crippen molar-refractivity contribution in [3.05, 3.63) is 35.1 Å². The van der Waals surface area contributed by atoms with Crippen LogP contribution in [-0.4, -0.2) is 29.1 Å². The van der Waals surface area contributed by atoms with Gasteiger partial charge < -0.3 is 10.0 Å². The van der Waals surface area contributed by atoms with Crippen molar-refractivity contribution >= 4 is 5.91 Å². The highest BCUT2D eigenvalue weighted by Gasteiger charge is 2.18. The van der Waals surface area contributed by atoms with Crippen molar-refractivity contribution in [2.75, 3.05) is 13.2 Å². The molecule has 100 valence electrons. The average Bonchev–Trinajstić information content (AvgIpc) is 2.42. The lowest BCUT2D eigenvalue weighted by Gasteiger charge is -2.26. The van der Waals surface area contributed by atoms with E-state index >= 15 is 0 Å². The average molecular weight is 261 g/mol. The normalized spacial score (nSPS) is 15.1. The van der Waals surface area contributed by atoms with Gasteiger partial charge in [-0.15, -0.1) is 0 Å². The number of aliphatic hydroxyl groups is 1. The molecule has 4 heteroatoms. The van der Waals surface area contributed by atoms with Crippen LogP contribution in [0.5, 0.6) is 0 Å². The first-order valence-corrected chi connectivity index (χ1v) is 6.36. The predicted octanol–water partition coefficient (Wildman–Crippen LogP) is 1.68. The third kappa shape index (κ3) is 3.55. The SMILES string of the molecule is O=C1CCCCN1Cc1ccc(F)c(C#CCO)c1. The van der Waals surface area contributed by atoms with Crippen molar-refractivity contribution < 1.29 is 14.3 Å². The molecule has 19 heavy (non-hydrogen) atoms. The highest BCUT2D eigenvalue weighted by molar-refractivity contribution is 5.76. The second kappa shape index (κ2) is 6.35. The molecule has 1 aliphatic rings. The fourth-order valence-electron chi connectivity index (χ4n) is 2.15. The molecule has 0 saturated carbocycles. The number of hydrogen-bond donors (Lipinski definition) is 1. The summed E-state index contributed by atoms with van der Waals surface area (Å²) in [6, 6.07) is 4.66. The van der Waals surface area contributed by atoms with Crippen LogP contribution in [0.15, 0.2) is 18.2 Å². The van der Waals surface area contributed by atoms with E-state index in [9.17, 15) is 9.18 Å². The molecule has 1 N–H and O–H groups in total. The quantitative estimate of drug-likeness (QED) is 0.823. The van der Waals surface area contributed by atoms with Crippen LogP contribution in [0.4, 0.5) is 4.39 Å². The Hall–Kier alpha value is -1.86. The molecule has 0 spiro atoms. The molecule has 0 atom stereocenters. The van der Waals surface area contributed by atoms with Crippen molar-refractivity contribution in [2.24, 2.45) is 0 Å². The van der Waals surface area contributed by atoms with Crippen molar-refractivity contribution in [2.45, 2.75) is 25.8 Å². The van der Waals surface area contributed by atoms with E-state index in [0.29, 0.717) is 13.0 Å². The summed E-state index contributed by atoms with van der Waals surface area (Å²) >= 11 is 0. The minimum atomic E-state index is -0.408. The molecular formula is C15H16FNO2. The molecule has 1 aliphatic heterocycles. The lowest BCUT2D eigenvalue weighted by molar-refractivity contribution is -0.133. The lowest BCUT2D eigenvalue weighted by atomic mass is 10.1. The minimum absolute atomic E-state index is 0.151. The van der Waals surface area contributed by atoms with Gasteiger partial charge in [-0.1, -0.05) is 17.9 Å². The maximum absolute atomic E-state index is 13.5. The smallest absolute Gasteiger partial charge is 0.222 e. The number of halogens is 1. The number of amides is 1. The van der Waals surface area contributed by atoms with Crippen molar-refractivity contribution in [3.8, 4) is 11.8 Å². The first kappa shape index (κ1) is 13.6. The number of hydrogen-bond acceptors (Lipinski definition) is 2. The van der Waals surface area contributed by atoms with Gasteiger partial charge in [0.15, 0.2) is 0 Å². The zero-order chi connectivity index (χ0) is 13.7. The molecule has 0 radical (unpaired) electrons. The van der Waals surface area contributed by atoms with Gasteiger partial charge in [-0.25, -0.2) is 4.39 Å². The third-order valence-corrected chi connectivity index (χ3v) is 3.13. The molecular weight excluding hydrogens is 245 g/mol. The van der Waals surface area contributed by atoms with E-state index in [4.69, 9.17) is 5.11 Å². The van der Waals surface area contributed by atoms with Crippen LogP contribution in [0, 0.1) is 17.7 Å². The number of aliphatic hydroxyl groups excluding tert-OH is 1. The van der Waals surface area contributed by atoms with E-state index in [1.165, 1.54) is 6.07 Å². The van der Waals surface area contributed by atoms with Crippen LogP contribution in [0.25, 0.3) is 0 Å². The fourth-order valence-corrected chi connectivity index (χ4v) is 2.15. The van der Waals surface area contributed by atoms with Crippen LogP contribution >= 0.6 is 0 Å². The lowest BCUT2D eigenvalue weighted by Crippen LogP contribution is -2.34. The van der Waals surface area contributed by atoms with Crippen LogP contribution in [0.3, 0.4) is 0 Å². The molecule has 3 nitrogen and oxygen atoms in total. The zero-order valence-corrected chi connectivity index (χ0v) is 10.7. The van der Waals surface area contributed by atoms with Gasteiger partial charge in [0.25, 0.3) is 0 Å². The summed E-state index contributed by atoms with van der Waals surface area (Å²) in [6.07, 6.45) is 2.56. The number of carbonyl (C=O) groups is 1. The van der Waals surface area contributed by atoms with Gasteiger partial charge in [-0.2, -0.15) is 0 Å². The van der Waals surface area contributed by atoms with Gasteiger partial charge in [0, 0.05) is 19.5 Å². The van der Waals surface area contributed by atoms with Gasteiger partial charge in [0.05, 0.1) is 5.56 Å². The highest BCUT2D eigenvalue weighted by Crippen LogP contribution is 2.16. The Morgan fingerprint density at radius 1 is 1.37 bits per heavy atom. The van der Waals surface area contributed by atoms with Gasteiger partial charge in [-0.05, 0) is 30.5 Å². The molecule has 2 rings (SSSR count). The van der Waals surface area contributed by atoms with E-state index in [1.807, 2.05) is 0 Å². The van der Waals surface area contributed by atoms with Crippen molar-refractivity contribution in [1.29, 1.82) is 0 Å². The number of likely N-dealkylation sites (tertiary alicyclic amines) is 1. The maximum atomic E-state index is 13.5. The van der Waals surface area contributed by atoms with Crippen LogP contribution < -0.4 is 0 Å². The molecule has 0 aromatic heterocycles. The first-order chi connectivity index (χ1) is 9.20. The second-order valence-electron chi connectivity index (χ2n) is 4.55. The number of rotatable bonds is 2. The standard InChI is InChI=1S/C15H16FNO2/c16-14-7-6-12(10-13(14)4-3-9-18)11-17-8-2-1-5-15(17)19/h6-7,10,18H,1-2,5,8-9,11H2. The second-order valence-corrected chi connectivity index (χ2v) is 4.55. The Bertz CT molecular complexity index is 531. The van der Waals surface area contributed by atoms with Crippen molar-refractivity contribution in [1.82, 2.24) is 4.90 Å². The monoisotopic (exact) mass is 261 g/mol. The number of carbonyl (C=O) groups excluding carboxylic acids is 1. The van der Waals surface area contributed by atoms with E-state index in [-0.39, 0.29) is 18.1 Å². The summed E-state index contributed by atoms with van der Waals surface area (Å²) in [6.45, 7) is 0.953. The third-order valence-electron chi connectivity index (χ3n) is 3.13. The summed E-state index contributed by atoms with van der Waals surface area (Å²) in [5.74, 6) is 4.75. The van der Waals surface area contributed by atoms with Crippen molar-refractivity contribution in [3.63, 3.8) is 0 Å². The summed E-state index contributed by atoms with van der Waals surface area (Å²) in [4.78, 5) is 13.5. The molecule has 1 fully saturated rings. The maximum Gasteiger partial charge on any atom is 0.222 e. The van der Waals surface area contributed by atoms with Gasteiger partial charge in [-0.3, -0.25) is 4.79 Å². The molecule has 1 heterocycles. The van der Waals surface area contributed by atoms with E-state index < -0.39 is 5.82 Å². The molecule has 1 aromatic rings.